The topological polar surface area (TPSA) is 36.9 Å². The molecular formula is C18H40CaO4P2S4. The predicted molar refractivity (Wildman–Crippen MR) is 141 cm³/mol. The van der Waals surface area contributed by atoms with E-state index in [1.165, 1.54) is 0 Å². The van der Waals surface area contributed by atoms with Gasteiger partial charge in [-0.05, 0) is 36.5 Å². The van der Waals surface area contributed by atoms with Crippen LogP contribution in [0.1, 0.15) is 68.2 Å². The van der Waals surface area contributed by atoms with Gasteiger partial charge < -0.3 is 42.6 Å². The minimum Gasteiger partial charge on any atom is -0.691 e. The predicted octanol–water partition coefficient (Wildman–Crippen LogP) is 6.61. The van der Waals surface area contributed by atoms with Crippen molar-refractivity contribution in [2.24, 2.45) is 23.7 Å². The zero-order valence-electron chi connectivity index (χ0n) is 19.4. The molecule has 0 heterocycles. The Labute approximate surface area is 231 Å². The summed E-state index contributed by atoms with van der Waals surface area (Å²) in [6, 6.07) is 0. The molecule has 2 atom stereocenters. The van der Waals surface area contributed by atoms with E-state index in [2.05, 4.69) is 55.4 Å². The maximum absolute atomic E-state index is 5.41. The molecule has 0 saturated carbocycles. The summed E-state index contributed by atoms with van der Waals surface area (Å²) in [7, 11) is 0. The average Bonchev–Trinajstić information content (AvgIpc) is 2.51. The van der Waals surface area contributed by atoms with Crippen LogP contribution in [-0.2, 0) is 66.2 Å². The van der Waals surface area contributed by atoms with Crippen molar-refractivity contribution in [2.75, 3.05) is 26.4 Å². The van der Waals surface area contributed by atoms with Crippen LogP contribution in [0.3, 0.4) is 0 Å². The fourth-order valence-corrected chi connectivity index (χ4v) is 4.75. The van der Waals surface area contributed by atoms with Crippen molar-refractivity contribution in [2.45, 2.75) is 68.2 Å². The summed E-state index contributed by atoms with van der Waals surface area (Å²) >= 11 is 20.4. The van der Waals surface area contributed by atoms with Gasteiger partial charge in [-0.15, -0.1) is 0 Å². The fourth-order valence-electron chi connectivity index (χ4n) is 1.36. The summed E-state index contributed by atoms with van der Waals surface area (Å²) in [4.78, 5) is 0. The van der Waals surface area contributed by atoms with Gasteiger partial charge in [0.1, 0.15) is 0 Å². The molecule has 11 heteroatoms. The number of rotatable bonds is 14. The van der Waals surface area contributed by atoms with Crippen LogP contribution in [0, 0.1) is 23.7 Å². The van der Waals surface area contributed by atoms with Gasteiger partial charge in [0.25, 0.3) is 0 Å². The zero-order valence-corrected chi connectivity index (χ0v) is 26.7. The molecule has 0 saturated heterocycles. The molecule has 0 spiro atoms. The summed E-state index contributed by atoms with van der Waals surface area (Å²) in [5, 5.41) is 0. The molecule has 2 unspecified atom stereocenters. The van der Waals surface area contributed by atoms with Gasteiger partial charge in [-0.25, -0.2) is 0 Å². The monoisotopic (exact) mass is 550 g/mol. The average molecular weight is 551 g/mol. The first-order valence-corrected chi connectivity index (χ1v) is 17.2. The Morgan fingerprint density at radius 1 is 0.586 bits per heavy atom. The molecule has 0 fully saturated rings. The van der Waals surface area contributed by atoms with Gasteiger partial charge in [0.2, 0.25) is 0 Å². The van der Waals surface area contributed by atoms with E-state index < -0.39 is 11.4 Å². The van der Waals surface area contributed by atoms with Crippen LogP contribution >= 0.6 is 11.4 Å². The van der Waals surface area contributed by atoms with Crippen molar-refractivity contribution >= 4 is 97.2 Å². The smallest absolute Gasteiger partial charge is 0.691 e. The SMILES string of the molecule is CC(C)CCOP(=S)([S-])OCC(C)C.CC(C)CCOP(=S)([S-])OCC(C)C.[Ca+2]. The van der Waals surface area contributed by atoms with Gasteiger partial charge in [0.05, 0.1) is 37.8 Å². The molecule has 29 heavy (non-hydrogen) atoms. The van der Waals surface area contributed by atoms with E-state index >= 15 is 0 Å². The van der Waals surface area contributed by atoms with Crippen molar-refractivity contribution in [1.82, 2.24) is 0 Å². The Kier molecular flexibility index (Phi) is 25.9. The number of hydrogen-bond acceptors (Lipinski definition) is 8. The maximum Gasteiger partial charge on any atom is 2.00 e. The summed E-state index contributed by atoms with van der Waals surface area (Å²) in [5.41, 5.74) is -4.77. The van der Waals surface area contributed by atoms with Crippen LogP contribution in [-0.4, -0.2) is 64.2 Å². The normalized spacial score (nSPS) is 15.7. The zero-order chi connectivity index (χ0) is 22.4. The minimum atomic E-state index is -2.39. The van der Waals surface area contributed by atoms with Crippen LogP contribution in [0.4, 0.5) is 0 Å². The second kappa shape index (κ2) is 20.5. The Morgan fingerprint density at radius 3 is 1.07 bits per heavy atom. The minimum absolute atomic E-state index is 0. The third-order valence-electron chi connectivity index (χ3n) is 3.02. The second-order valence-corrected chi connectivity index (χ2v) is 18.3. The molecule has 0 rings (SSSR count). The summed E-state index contributed by atoms with van der Waals surface area (Å²) in [5.74, 6) is 2.14. The van der Waals surface area contributed by atoms with Gasteiger partial charge in [-0.3, -0.25) is 0 Å². The molecule has 0 bridgehead atoms. The Morgan fingerprint density at radius 2 is 0.862 bits per heavy atom. The largest absolute Gasteiger partial charge is 2.00 e. The standard InChI is InChI=1S/2C9H21O2PS2.Ca/c2*1-8(2)5-6-10-12(13,14)11-7-9(3)4;/h2*8-9H,5-7H2,1-4H3,(H,13,14);/q;;+2/p-2. The summed E-state index contributed by atoms with van der Waals surface area (Å²) in [6.07, 6.45) is 1.97. The van der Waals surface area contributed by atoms with Crippen molar-refractivity contribution in [3.05, 3.63) is 0 Å². The molecule has 0 aliphatic rings. The molecule has 0 aromatic heterocycles. The molecule has 172 valence electrons. The molecule has 0 N–H and O–H groups in total. The Bertz CT molecular complexity index is 439. The van der Waals surface area contributed by atoms with Crippen LogP contribution in [0.5, 0.6) is 0 Å². The van der Waals surface area contributed by atoms with Gasteiger partial charge in [0.15, 0.2) is 0 Å². The molecule has 0 amide bonds. The third kappa shape index (κ3) is 31.1. The van der Waals surface area contributed by atoms with Crippen molar-refractivity contribution < 1.29 is 18.1 Å². The van der Waals surface area contributed by atoms with E-state index in [-0.39, 0.29) is 37.7 Å². The molecule has 0 aliphatic heterocycles. The summed E-state index contributed by atoms with van der Waals surface area (Å²) < 4.78 is 21.6. The maximum atomic E-state index is 5.41. The first-order chi connectivity index (χ1) is 12.7. The van der Waals surface area contributed by atoms with Crippen LogP contribution < -0.4 is 0 Å². The second-order valence-electron chi connectivity index (χ2n) is 8.31. The fraction of sp³-hybridized carbons (Fsp3) is 1.00. The van der Waals surface area contributed by atoms with Gasteiger partial charge >= 0.3 is 37.7 Å². The van der Waals surface area contributed by atoms with Crippen LogP contribution in [0.15, 0.2) is 0 Å². The Balaban J connectivity index is -0.000000451. The van der Waals surface area contributed by atoms with Gasteiger partial charge in [0, 0.05) is 0 Å². The first kappa shape index (κ1) is 36.7. The van der Waals surface area contributed by atoms with E-state index in [4.69, 9.17) is 66.2 Å². The molecule has 0 aliphatic carbocycles. The van der Waals surface area contributed by atoms with Crippen molar-refractivity contribution in [1.29, 1.82) is 0 Å². The van der Waals surface area contributed by atoms with Gasteiger partial charge in [-0.1, -0.05) is 79.0 Å². The molecule has 0 aromatic rings. The molecule has 0 radical (unpaired) electrons. The van der Waals surface area contributed by atoms with E-state index in [1.807, 2.05) is 0 Å². The van der Waals surface area contributed by atoms with Crippen LogP contribution in [0.25, 0.3) is 0 Å². The first-order valence-electron chi connectivity index (χ1n) is 9.87. The number of hydrogen-bond donors (Lipinski definition) is 0. The van der Waals surface area contributed by atoms with Gasteiger partial charge in [-0.2, -0.15) is 0 Å². The van der Waals surface area contributed by atoms with E-state index in [0.717, 1.165) is 12.8 Å². The summed E-state index contributed by atoms with van der Waals surface area (Å²) in [6.45, 7) is 19.3. The molecule has 4 nitrogen and oxygen atoms in total. The molecule has 0 aromatic carbocycles. The van der Waals surface area contributed by atoms with E-state index in [1.54, 1.807) is 0 Å². The van der Waals surface area contributed by atoms with E-state index in [0.29, 0.717) is 50.1 Å². The quantitative estimate of drug-likeness (QED) is 0.136. The van der Waals surface area contributed by atoms with Crippen LogP contribution in [0.2, 0.25) is 0 Å². The third-order valence-corrected chi connectivity index (χ3v) is 7.48. The Hall–Kier alpha value is 3.10. The van der Waals surface area contributed by atoms with Crippen molar-refractivity contribution in [3.63, 3.8) is 0 Å². The van der Waals surface area contributed by atoms with Crippen molar-refractivity contribution in [3.8, 4) is 0 Å². The molecular weight excluding hydrogens is 510 g/mol. The van der Waals surface area contributed by atoms with E-state index in [9.17, 15) is 0 Å².